The van der Waals surface area contributed by atoms with Gasteiger partial charge in [0.2, 0.25) is 0 Å². The highest BCUT2D eigenvalue weighted by molar-refractivity contribution is 6.42. The molecule has 0 bridgehead atoms. The zero-order chi connectivity index (χ0) is 22.3. The van der Waals surface area contributed by atoms with Crippen LogP contribution in [-0.2, 0) is 0 Å². The molecule has 3 atom stereocenters. The summed E-state index contributed by atoms with van der Waals surface area (Å²) in [5, 5.41) is 7.80. The Morgan fingerprint density at radius 2 is 2.00 bits per heavy atom. The maximum Gasteiger partial charge on any atom is 0.410 e. The van der Waals surface area contributed by atoms with Gasteiger partial charge in [0.25, 0.3) is 5.91 Å². The van der Waals surface area contributed by atoms with Crippen molar-refractivity contribution in [1.29, 1.82) is 0 Å². The van der Waals surface area contributed by atoms with Crippen molar-refractivity contribution in [3.8, 4) is 0 Å². The summed E-state index contributed by atoms with van der Waals surface area (Å²) in [6.07, 6.45) is -1.15. The number of nitrogens with zero attached hydrogens (tertiary/aromatic N) is 3. The van der Waals surface area contributed by atoms with Crippen molar-refractivity contribution in [3.05, 3.63) is 45.6 Å². The van der Waals surface area contributed by atoms with Crippen LogP contribution in [0.4, 0.5) is 19.0 Å². The molecule has 1 saturated heterocycles. The number of benzene rings is 1. The first-order valence-electron chi connectivity index (χ1n) is 10.4. The van der Waals surface area contributed by atoms with Gasteiger partial charge < -0.3 is 10.2 Å². The van der Waals surface area contributed by atoms with Crippen LogP contribution >= 0.6 is 23.2 Å². The zero-order valence-electron chi connectivity index (χ0n) is 16.9. The second-order valence-corrected chi connectivity index (χ2v) is 8.89. The van der Waals surface area contributed by atoms with Crippen molar-refractivity contribution in [2.24, 2.45) is 0 Å². The molecule has 2 aliphatic heterocycles. The Balaban J connectivity index is 1.67. The molecule has 0 unspecified atom stereocenters. The highest BCUT2D eigenvalue weighted by atomic mass is 35.5. The summed E-state index contributed by atoms with van der Waals surface area (Å²) in [6, 6.07) is 3.79. The lowest BCUT2D eigenvalue weighted by Gasteiger charge is -2.34. The summed E-state index contributed by atoms with van der Waals surface area (Å²) < 4.78 is 42.6. The first-order valence-corrected chi connectivity index (χ1v) is 11.1. The number of halogens is 5. The third-order valence-corrected chi connectivity index (χ3v) is 6.85. The highest BCUT2D eigenvalue weighted by Gasteiger charge is 2.47. The maximum atomic E-state index is 13.9. The molecule has 10 heteroatoms. The smallest absolute Gasteiger partial charge is 0.363 e. The van der Waals surface area contributed by atoms with E-state index in [1.807, 2.05) is 6.92 Å². The number of likely N-dealkylation sites (tertiary alicyclic amines) is 1. The minimum absolute atomic E-state index is 0.0342. The molecule has 0 spiro atoms. The largest absolute Gasteiger partial charge is 0.410 e. The van der Waals surface area contributed by atoms with E-state index < -0.39 is 18.3 Å². The summed E-state index contributed by atoms with van der Waals surface area (Å²) in [6.45, 7) is 2.61. The molecule has 0 aliphatic carbocycles. The van der Waals surface area contributed by atoms with Crippen LogP contribution in [0.3, 0.4) is 0 Å². The van der Waals surface area contributed by atoms with Gasteiger partial charge in [-0.2, -0.15) is 18.3 Å². The lowest BCUT2D eigenvalue weighted by Crippen LogP contribution is -2.43. The van der Waals surface area contributed by atoms with E-state index in [1.54, 1.807) is 23.1 Å². The van der Waals surface area contributed by atoms with Gasteiger partial charge in [0.1, 0.15) is 5.82 Å². The lowest BCUT2D eigenvalue weighted by molar-refractivity contribution is -0.173. The molecule has 0 radical (unpaired) electrons. The maximum absolute atomic E-state index is 13.9. The number of amides is 1. The van der Waals surface area contributed by atoms with Gasteiger partial charge in [-0.15, -0.1) is 0 Å². The average Bonchev–Trinajstić information content (AvgIpc) is 3.17. The van der Waals surface area contributed by atoms with Crippen LogP contribution in [-0.4, -0.2) is 39.4 Å². The molecule has 1 amide bonds. The molecule has 5 nitrogen and oxygen atoms in total. The van der Waals surface area contributed by atoms with Gasteiger partial charge in [-0.05, 0) is 43.4 Å². The monoisotopic (exact) mass is 474 g/mol. The minimum atomic E-state index is -4.52. The van der Waals surface area contributed by atoms with E-state index in [9.17, 15) is 18.0 Å². The van der Waals surface area contributed by atoms with Crippen LogP contribution in [0.1, 0.15) is 67.2 Å². The average molecular weight is 475 g/mol. The van der Waals surface area contributed by atoms with Crippen LogP contribution < -0.4 is 5.32 Å². The molecule has 4 rings (SSSR count). The number of aromatic nitrogens is 2. The molecule has 1 aromatic heterocycles. The third kappa shape index (κ3) is 4.37. The molecule has 3 heterocycles. The number of carbonyl (C=O) groups is 1. The molecule has 0 saturated carbocycles. The Labute approximate surface area is 188 Å². The van der Waals surface area contributed by atoms with Crippen LogP contribution in [0.2, 0.25) is 10.0 Å². The predicted octanol–water partition coefficient (Wildman–Crippen LogP) is 6.25. The van der Waals surface area contributed by atoms with Crippen molar-refractivity contribution < 1.29 is 18.0 Å². The van der Waals surface area contributed by atoms with E-state index in [0.717, 1.165) is 30.4 Å². The second kappa shape index (κ2) is 8.54. The molecule has 2 aliphatic rings. The van der Waals surface area contributed by atoms with Crippen LogP contribution in [0, 0.1) is 0 Å². The van der Waals surface area contributed by atoms with Gasteiger partial charge in [0.05, 0.1) is 16.1 Å². The van der Waals surface area contributed by atoms with Crippen LogP contribution in [0.25, 0.3) is 0 Å². The topological polar surface area (TPSA) is 50.2 Å². The van der Waals surface area contributed by atoms with Gasteiger partial charge in [-0.25, -0.2) is 4.68 Å². The molecule has 1 N–H and O–H groups in total. The number of rotatable bonds is 3. The molecule has 31 heavy (non-hydrogen) atoms. The number of hydrogen-bond donors (Lipinski definition) is 1. The Kier molecular flexibility index (Phi) is 6.14. The van der Waals surface area contributed by atoms with E-state index in [4.69, 9.17) is 23.2 Å². The van der Waals surface area contributed by atoms with E-state index in [2.05, 4.69) is 10.4 Å². The van der Waals surface area contributed by atoms with Gasteiger partial charge >= 0.3 is 6.18 Å². The van der Waals surface area contributed by atoms with Crippen molar-refractivity contribution >= 4 is 34.9 Å². The fourth-order valence-corrected chi connectivity index (χ4v) is 4.77. The number of carbonyl (C=O) groups excluding carboxylic acids is 1. The Morgan fingerprint density at radius 3 is 2.68 bits per heavy atom. The van der Waals surface area contributed by atoms with E-state index in [0.29, 0.717) is 17.1 Å². The number of alkyl halides is 3. The molecular weight excluding hydrogens is 452 g/mol. The first kappa shape index (κ1) is 22.3. The molecule has 1 aromatic carbocycles. The van der Waals surface area contributed by atoms with Crippen LogP contribution in [0.5, 0.6) is 0 Å². The Bertz CT molecular complexity index is 978. The second-order valence-electron chi connectivity index (χ2n) is 8.08. The molecular formula is C21H23Cl2F3N4O. The molecule has 168 valence electrons. The van der Waals surface area contributed by atoms with E-state index in [-0.39, 0.29) is 34.9 Å². The number of anilines is 1. The van der Waals surface area contributed by atoms with Gasteiger partial charge in [-0.1, -0.05) is 36.2 Å². The van der Waals surface area contributed by atoms with Crippen molar-refractivity contribution in [2.45, 2.75) is 63.3 Å². The molecule has 1 fully saturated rings. The quantitative estimate of drug-likeness (QED) is 0.571. The Hall–Kier alpha value is -1.93. The fourth-order valence-electron chi connectivity index (χ4n) is 4.47. The number of fused-ring (bicyclic) bond motifs is 1. The van der Waals surface area contributed by atoms with Gasteiger partial charge in [0.15, 0.2) is 11.7 Å². The summed E-state index contributed by atoms with van der Waals surface area (Å²) in [5.74, 6) is -0.152. The minimum Gasteiger partial charge on any atom is -0.363 e. The fraction of sp³-hybridized carbons (Fsp3) is 0.524. The SMILES string of the molecule is CC[C@@H]1CCCCN1C(=O)c1cc2n(n1)[C@H](C(F)(F)F)C[C@@H](c1ccc(Cl)c(Cl)c1)N2. The third-order valence-electron chi connectivity index (χ3n) is 6.11. The van der Waals surface area contributed by atoms with Crippen molar-refractivity contribution in [1.82, 2.24) is 14.7 Å². The summed E-state index contributed by atoms with van der Waals surface area (Å²) in [4.78, 5) is 14.8. The van der Waals surface area contributed by atoms with Gasteiger partial charge in [0, 0.05) is 25.1 Å². The van der Waals surface area contributed by atoms with E-state index in [1.165, 1.54) is 6.07 Å². The lowest BCUT2D eigenvalue weighted by atomic mass is 9.97. The number of nitrogens with one attached hydrogen (secondary N) is 1. The van der Waals surface area contributed by atoms with Crippen molar-refractivity contribution in [2.75, 3.05) is 11.9 Å². The molecule has 2 aromatic rings. The first-order chi connectivity index (χ1) is 14.7. The van der Waals surface area contributed by atoms with E-state index >= 15 is 0 Å². The normalized spacial score (nSPS) is 23.9. The summed E-state index contributed by atoms with van der Waals surface area (Å²) in [7, 11) is 0. The summed E-state index contributed by atoms with van der Waals surface area (Å²) >= 11 is 12.0. The van der Waals surface area contributed by atoms with Gasteiger partial charge in [-0.3, -0.25) is 4.79 Å². The van der Waals surface area contributed by atoms with Crippen molar-refractivity contribution in [3.63, 3.8) is 0 Å². The number of hydrogen-bond acceptors (Lipinski definition) is 3. The Morgan fingerprint density at radius 1 is 1.23 bits per heavy atom. The predicted molar refractivity (Wildman–Crippen MR) is 114 cm³/mol. The highest BCUT2D eigenvalue weighted by Crippen LogP contribution is 2.44. The standard InChI is InChI=1S/C21H23Cl2F3N4O/c1-2-13-5-3-4-8-29(13)20(31)17-11-19-27-16(12-6-7-14(22)15(23)9-12)10-18(21(24,25)26)30(19)28-17/h6-7,9,11,13,16,18,27H,2-5,8,10H2,1H3/t13-,16+,18+/m1/s1. The van der Waals surface area contributed by atoms with Crippen LogP contribution in [0.15, 0.2) is 24.3 Å². The number of piperidine rings is 1. The zero-order valence-corrected chi connectivity index (χ0v) is 18.4. The summed E-state index contributed by atoms with van der Waals surface area (Å²) in [5.41, 5.74) is 0.623.